The molecule has 5 heteroatoms. The van der Waals surface area contributed by atoms with Crippen molar-refractivity contribution in [2.45, 2.75) is 0 Å². The number of anilines is 6. The molecular formula is C42H27ClN2S2. The lowest BCUT2D eigenvalue weighted by Crippen LogP contribution is -2.10. The van der Waals surface area contributed by atoms with Crippen molar-refractivity contribution in [3.63, 3.8) is 0 Å². The maximum atomic E-state index is 6.94. The fraction of sp³-hybridized carbons (Fsp3) is 0. The summed E-state index contributed by atoms with van der Waals surface area (Å²) in [6.45, 7) is 0. The first-order valence-corrected chi connectivity index (χ1v) is 17.5. The van der Waals surface area contributed by atoms with Crippen LogP contribution in [0.15, 0.2) is 164 Å². The van der Waals surface area contributed by atoms with Gasteiger partial charge in [-0.15, -0.1) is 22.7 Å². The Morgan fingerprint density at radius 1 is 0.362 bits per heavy atom. The molecule has 0 N–H and O–H groups in total. The maximum absolute atomic E-state index is 6.94. The number of hydrogen-bond donors (Lipinski definition) is 0. The van der Waals surface area contributed by atoms with Crippen LogP contribution < -0.4 is 9.80 Å². The molecule has 47 heavy (non-hydrogen) atoms. The third-order valence-electron chi connectivity index (χ3n) is 8.66. The van der Waals surface area contributed by atoms with Crippen molar-refractivity contribution in [2.75, 3.05) is 9.80 Å². The summed E-state index contributed by atoms with van der Waals surface area (Å²) in [5, 5.41) is 5.66. The highest BCUT2D eigenvalue weighted by Crippen LogP contribution is 2.49. The number of halogens is 1. The summed E-state index contributed by atoms with van der Waals surface area (Å²) in [5.74, 6) is 0. The second-order valence-corrected chi connectivity index (χ2v) is 14.1. The zero-order chi connectivity index (χ0) is 31.3. The minimum atomic E-state index is 0.720. The molecule has 0 aliphatic rings. The lowest BCUT2D eigenvalue weighted by Gasteiger charge is -2.27. The van der Waals surface area contributed by atoms with E-state index in [1.54, 1.807) is 11.3 Å². The molecule has 2 aromatic heterocycles. The Kier molecular flexibility index (Phi) is 6.93. The van der Waals surface area contributed by atoms with Crippen LogP contribution in [0.5, 0.6) is 0 Å². The topological polar surface area (TPSA) is 6.48 Å². The second-order valence-electron chi connectivity index (χ2n) is 11.5. The Labute approximate surface area is 285 Å². The van der Waals surface area contributed by atoms with E-state index in [4.69, 9.17) is 11.6 Å². The number of para-hydroxylation sites is 3. The van der Waals surface area contributed by atoms with Gasteiger partial charge in [0.15, 0.2) is 0 Å². The normalized spacial score (nSPS) is 11.5. The quantitative estimate of drug-likeness (QED) is 0.175. The van der Waals surface area contributed by atoms with Crippen molar-refractivity contribution in [1.29, 1.82) is 0 Å². The molecule has 2 heterocycles. The van der Waals surface area contributed by atoms with E-state index < -0.39 is 0 Å². The van der Waals surface area contributed by atoms with E-state index in [0.717, 1.165) is 43.8 Å². The van der Waals surface area contributed by atoms with Gasteiger partial charge in [0.25, 0.3) is 0 Å². The Balaban J connectivity index is 1.30. The summed E-state index contributed by atoms with van der Waals surface area (Å²) in [7, 11) is 0. The zero-order valence-electron chi connectivity index (χ0n) is 25.2. The van der Waals surface area contributed by atoms with Crippen LogP contribution in [0.3, 0.4) is 0 Å². The van der Waals surface area contributed by atoms with Crippen LogP contribution in [0.4, 0.5) is 34.1 Å². The van der Waals surface area contributed by atoms with Crippen LogP contribution in [0.2, 0.25) is 5.02 Å². The van der Waals surface area contributed by atoms with Crippen LogP contribution in [0.1, 0.15) is 0 Å². The van der Waals surface area contributed by atoms with Gasteiger partial charge in [-0.25, -0.2) is 0 Å². The van der Waals surface area contributed by atoms with Gasteiger partial charge in [-0.2, -0.15) is 0 Å². The largest absolute Gasteiger partial charge is 0.310 e. The van der Waals surface area contributed by atoms with Gasteiger partial charge in [0.2, 0.25) is 0 Å². The first kappa shape index (κ1) is 28.1. The average Bonchev–Trinajstić information content (AvgIpc) is 3.67. The number of nitrogens with zero attached hydrogens (tertiary/aromatic N) is 2. The predicted octanol–water partition coefficient (Wildman–Crippen LogP) is 14.0. The summed E-state index contributed by atoms with van der Waals surface area (Å²) in [6.07, 6.45) is 0. The first-order valence-electron chi connectivity index (χ1n) is 15.5. The number of hydrogen-bond acceptors (Lipinski definition) is 4. The van der Waals surface area contributed by atoms with Crippen molar-refractivity contribution in [2.24, 2.45) is 0 Å². The minimum Gasteiger partial charge on any atom is -0.310 e. The van der Waals surface area contributed by atoms with Crippen molar-refractivity contribution >= 4 is 109 Å². The Hall–Kier alpha value is -5.13. The molecule has 0 amide bonds. The number of fused-ring (bicyclic) bond motifs is 6. The molecule has 0 aliphatic carbocycles. The van der Waals surface area contributed by atoms with Gasteiger partial charge in [-0.3, -0.25) is 0 Å². The zero-order valence-corrected chi connectivity index (χ0v) is 27.6. The smallest absolute Gasteiger partial charge is 0.0569 e. The Morgan fingerprint density at radius 2 is 0.851 bits per heavy atom. The molecule has 0 fully saturated rings. The summed E-state index contributed by atoms with van der Waals surface area (Å²) in [5.41, 5.74) is 6.58. The van der Waals surface area contributed by atoms with E-state index in [9.17, 15) is 0 Å². The van der Waals surface area contributed by atoms with Crippen LogP contribution in [0.25, 0.3) is 40.3 Å². The second kappa shape index (κ2) is 11.6. The SMILES string of the molecule is Clc1cc(N(c2ccccc2)c2ccc3sc4ccccc4c3c2)c2c(c1)sc1ccc(N(c3ccccc3)c3ccccc3)cc12. The standard InChI is InChI=1S/C42H27ClN2S2/c43-28-24-37(45(31-16-8-3-9-17-31)33-21-22-39-35(26-33)34-18-10-11-19-38(34)46-39)42-36-27-32(20-23-40(36)47-41(42)25-28)44(29-12-4-1-5-13-29)30-14-6-2-7-15-30/h1-27H. The third kappa shape index (κ3) is 4.93. The minimum absolute atomic E-state index is 0.720. The van der Waals surface area contributed by atoms with Gasteiger partial charge < -0.3 is 9.80 Å². The van der Waals surface area contributed by atoms with Gasteiger partial charge in [0.05, 0.1) is 5.69 Å². The fourth-order valence-corrected chi connectivity index (χ4v) is 9.12. The molecule has 0 aliphatic heterocycles. The first-order chi connectivity index (χ1) is 23.2. The number of rotatable bonds is 6. The molecule has 7 aromatic carbocycles. The predicted molar refractivity (Wildman–Crippen MR) is 207 cm³/mol. The number of benzene rings is 7. The fourth-order valence-electron chi connectivity index (χ4n) is 6.61. The lowest BCUT2D eigenvalue weighted by molar-refractivity contribution is 1.29. The van der Waals surface area contributed by atoms with Gasteiger partial charge in [-0.05, 0) is 91.0 Å². The van der Waals surface area contributed by atoms with E-state index in [1.165, 1.54) is 35.6 Å². The van der Waals surface area contributed by atoms with Gasteiger partial charge in [0.1, 0.15) is 0 Å². The summed E-state index contributed by atoms with van der Waals surface area (Å²) < 4.78 is 4.97. The molecule has 224 valence electrons. The van der Waals surface area contributed by atoms with Crippen LogP contribution in [-0.2, 0) is 0 Å². The molecule has 2 nitrogen and oxygen atoms in total. The lowest BCUT2D eigenvalue weighted by atomic mass is 10.1. The van der Waals surface area contributed by atoms with Gasteiger partial charge >= 0.3 is 0 Å². The van der Waals surface area contributed by atoms with Crippen molar-refractivity contribution < 1.29 is 0 Å². The summed E-state index contributed by atoms with van der Waals surface area (Å²) in [6, 6.07) is 58.3. The van der Waals surface area contributed by atoms with Gasteiger partial charge in [-0.1, -0.05) is 84.4 Å². The number of thiophene rings is 2. The summed E-state index contributed by atoms with van der Waals surface area (Å²) in [4.78, 5) is 4.69. The molecule has 0 saturated heterocycles. The molecule has 0 unspecified atom stereocenters. The highest BCUT2D eigenvalue weighted by molar-refractivity contribution is 7.26. The highest BCUT2D eigenvalue weighted by Gasteiger charge is 2.22. The Bertz CT molecular complexity index is 2500. The molecule has 9 aromatic rings. The van der Waals surface area contributed by atoms with Crippen LogP contribution in [-0.4, -0.2) is 0 Å². The molecule has 0 spiro atoms. The van der Waals surface area contributed by atoms with Crippen LogP contribution >= 0.6 is 34.3 Å². The van der Waals surface area contributed by atoms with Crippen molar-refractivity contribution in [1.82, 2.24) is 0 Å². The maximum Gasteiger partial charge on any atom is 0.0569 e. The van der Waals surface area contributed by atoms with E-state index in [1.807, 2.05) is 11.3 Å². The molecule has 0 bridgehead atoms. The average molecular weight is 659 g/mol. The molecular weight excluding hydrogens is 632 g/mol. The van der Waals surface area contributed by atoms with Gasteiger partial charge in [0, 0.05) is 73.8 Å². The van der Waals surface area contributed by atoms with E-state index in [2.05, 4.69) is 174 Å². The third-order valence-corrected chi connectivity index (χ3v) is 11.1. The van der Waals surface area contributed by atoms with Crippen LogP contribution in [0, 0.1) is 0 Å². The highest BCUT2D eigenvalue weighted by atomic mass is 35.5. The molecule has 0 atom stereocenters. The summed E-state index contributed by atoms with van der Waals surface area (Å²) >= 11 is 10.6. The Morgan fingerprint density at radius 3 is 1.51 bits per heavy atom. The monoisotopic (exact) mass is 658 g/mol. The van der Waals surface area contributed by atoms with E-state index >= 15 is 0 Å². The van der Waals surface area contributed by atoms with Crippen molar-refractivity contribution in [3.05, 3.63) is 169 Å². The molecule has 0 saturated carbocycles. The van der Waals surface area contributed by atoms with E-state index in [-0.39, 0.29) is 0 Å². The molecule has 9 rings (SSSR count). The van der Waals surface area contributed by atoms with E-state index in [0.29, 0.717) is 0 Å². The molecule has 0 radical (unpaired) electrons. The van der Waals surface area contributed by atoms with Crippen molar-refractivity contribution in [3.8, 4) is 0 Å².